The summed E-state index contributed by atoms with van der Waals surface area (Å²) in [5, 5.41) is 2.97. The molecular weight excluding hydrogens is 207 g/mol. The molecule has 0 aromatic rings. The Balaban J connectivity index is 3.95. The average Bonchev–Trinajstić information content (AvgIpc) is 1.80. The molecule has 0 bridgehead atoms. The molecule has 0 aliphatic heterocycles. The summed E-state index contributed by atoms with van der Waals surface area (Å²) in [4.78, 5) is 0. The van der Waals surface area contributed by atoms with Gasteiger partial charge in [-0.05, 0) is 39.9 Å². The first-order chi connectivity index (χ1) is 5.91. The number of nitrogens with one attached hydrogen (secondary N) is 1. The Hall–Kier alpha value is 0.0400. The van der Waals surface area contributed by atoms with E-state index in [9.17, 15) is 0 Å². The maximum atomic E-state index is 5.44. The molecule has 0 aliphatic rings. The van der Waals surface area contributed by atoms with Crippen LogP contribution in [0.15, 0.2) is 0 Å². The van der Waals surface area contributed by atoms with Crippen molar-refractivity contribution in [2.45, 2.75) is 39.9 Å². The van der Waals surface area contributed by atoms with Crippen LogP contribution >= 0.6 is 20.7 Å². The van der Waals surface area contributed by atoms with E-state index in [-0.39, 0.29) is 17.3 Å². The molecule has 0 radical (unpaired) electrons. The average molecular weight is 224 g/mol. The smallest absolute Gasteiger partial charge is 0.289 e. The Bertz CT molecular complexity index is 157. The Labute approximate surface area is 86.1 Å². The van der Waals surface area contributed by atoms with E-state index in [1.54, 1.807) is 0 Å². The van der Waals surface area contributed by atoms with Crippen molar-refractivity contribution in [1.82, 2.24) is 5.09 Å². The molecule has 6 heteroatoms. The van der Waals surface area contributed by atoms with Gasteiger partial charge in [-0.25, -0.2) is 0 Å². The summed E-state index contributed by atoms with van der Waals surface area (Å²) in [6.45, 7) is 7.72. The maximum Gasteiger partial charge on any atom is 0.289 e. The van der Waals surface area contributed by atoms with Gasteiger partial charge in [0.15, 0.2) is 5.11 Å². The van der Waals surface area contributed by atoms with E-state index in [4.69, 9.17) is 27.0 Å². The summed E-state index contributed by atoms with van der Waals surface area (Å²) >= 11 is 4.70. The van der Waals surface area contributed by atoms with Crippen molar-refractivity contribution in [3.05, 3.63) is 0 Å². The number of hydrogen-bond acceptors (Lipinski definition) is 3. The molecule has 0 aliphatic carbocycles. The van der Waals surface area contributed by atoms with Crippen molar-refractivity contribution >= 4 is 25.9 Å². The zero-order valence-corrected chi connectivity index (χ0v) is 10.1. The fourth-order valence-corrected chi connectivity index (χ4v) is 1.88. The monoisotopic (exact) mass is 224 g/mol. The fraction of sp³-hybridized carbons (Fsp3) is 0.857. The zero-order valence-electron chi connectivity index (χ0n) is 8.40. The lowest BCUT2D eigenvalue weighted by molar-refractivity contribution is 0.175. The van der Waals surface area contributed by atoms with Gasteiger partial charge in [-0.3, -0.25) is 5.09 Å². The predicted molar refractivity (Wildman–Crippen MR) is 59.3 cm³/mol. The minimum Gasteiger partial charge on any atom is -0.376 e. The number of thiocarbonyl (C=S) groups is 1. The predicted octanol–water partition coefficient (Wildman–Crippen LogP) is 1.90. The van der Waals surface area contributed by atoms with E-state index in [2.05, 4.69) is 5.09 Å². The highest BCUT2D eigenvalue weighted by atomic mass is 32.1. The van der Waals surface area contributed by atoms with Crippen LogP contribution in [0.2, 0.25) is 0 Å². The highest BCUT2D eigenvalue weighted by molar-refractivity contribution is 7.80. The van der Waals surface area contributed by atoms with Crippen molar-refractivity contribution < 1.29 is 9.05 Å². The van der Waals surface area contributed by atoms with Crippen LogP contribution in [-0.4, -0.2) is 17.3 Å². The number of nitrogens with two attached hydrogens (primary N) is 1. The second-order valence-electron chi connectivity index (χ2n) is 3.04. The number of rotatable bonds is 5. The Morgan fingerprint density at radius 3 is 1.85 bits per heavy atom. The van der Waals surface area contributed by atoms with Crippen molar-refractivity contribution in [2.24, 2.45) is 5.73 Å². The summed E-state index contributed by atoms with van der Waals surface area (Å²) in [7, 11) is -1.20. The Kier molecular flexibility index (Phi) is 6.51. The standard InChI is InChI=1S/C7H17N2O2PS/c1-5(2)10-12(9-7(8)13)11-6(3)4/h5-6H,1-4H3,(H3,8,9,13). The molecule has 0 atom stereocenters. The largest absolute Gasteiger partial charge is 0.376 e. The molecule has 0 unspecified atom stereocenters. The minimum atomic E-state index is -1.20. The lowest BCUT2D eigenvalue weighted by Gasteiger charge is -2.21. The van der Waals surface area contributed by atoms with Gasteiger partial charge in [0.1, 0.15) is 0 Å². The third-order valence-corrected chi connectivity index (χ3v) is 2.72. The lowest BCUT2D eigenvalue weighted by Crippen LogP contribution is -2.27. The van der Waals surface area contributed by atoms with Crippen molar-refractivity contribution in [1.29, 1.82) is 0 Å². The van der Waals surface area contributed by atoms with Gasteiger partial charge in [0.05, 0.1) is 12.2 Å². The highest BCUT2D eigenvalue weighted by Crippen LogP contribution is 2.36. The van der Waals surface area contributed by atoms with Crippen LogP contribution in [0.1, 0.15) is 27.7 Å². The van der Waals surface area contributed by atoms with Gasteiger partial charge < -0.3 is 14.8 Å². The molecule has 0 saturated heterocycles. The first kappa shape index (κ1) is 13.0. The normalized spacial score (nSPS) is 11.3. The van der Waals surface area contributed by atoms with Gasteiger partial charge in [-0.1, -0.05) is 0 Å². The first-order valence-electron chi connectivity index (χ1n) is 4.11. The molecule has 0 rings (SSSR count). The molecule has 0 aromatic carbocycles. The SMILES string of the molecule is CC(C)OP(NC(N)=S)OC(C)C. The summed E-state index contributed by atoms with van der Waals surface area (Å²) in [5.74, 6) is 0. The maximum absolute atomic E-state index is 5.44. The van der Waals surface area contributed by atoms with Crippen LogP contribution in [-0.2, 0) is 9.05 Å². The molecule has 78 valence electrons. The molecule has 13 heavy (non-hydrogen) atoms. The van der Waals surface area contributed by atoms with Gasteiger partial charge in [0, 0.05) is 0 Å². The summed E-state index contributed by atoms with van der Waals surface area (Å²) in [5.41, 5.74) is 5.32. The van der Waals surface area contributed by atoms with Gasteiger partial charge in [0.2, 0.25) is 0 Å². The van der Waals surface area contributed by atoms with Crippen LogP contribution < -0.4 is 10.8 Å². The second kappa shape index (κ2) is 6.49. The van der Waals surface area contributed by atoms with E-state index in [1.807, 2.05) is 27.7 Å². The van der Waals surface area contributed by atoms with Crippen molar-refractivity contribution in [2.75, 3.05) is 0 Å². The van der Waals surface area contributed by atoms with Crippen LogP contribution in [0.3, 0.4) is 0 Å². The number of hydrogen-bond donors (Lipinski definition) is 2. The van der Waals surface area contributed by atoms with E-state index < -0.39 is 8.53 Å². The van der Waals surface area contributed by atoms with Crippen LogP contribution in [0.25, 0.3) is 0 Å². The minimum absolute atomic E-state index is 0.0895. The molecule has 0 aromatic heterocycles. The van der Waals surface area contributed by atoms with Crippen LogP contribution in [0, 0.1) is 0 Å². The van der Waals surface area contributed by atoms with Crippen molar-refractivity contribution in [3.8, 4) is 0 Å². The molecule has 0 amide bonds. The molecular formula is C7H17N2O2PS. The van der Waals surface area contributed by atoms with Crippen LogP contribution in [0.4, 0.5) is 0 Å². The Morgan fingerprint density at radius 2 is 1.62 bits per heavy atom. The van der Waals surface area contributed by atoms with E-state index in [0.717, 1.165) is 0 Å². The van der Waals surface area contributed by atoms with E-state index in [0.29, 0.717) is 0 Å². The van der Waals surface area contributed by atoms with Gasteiger partial charge in [0.25, 0.3) is 8.53 Å². The van der Waals surface area contributed by atoms with Crippen LogP contribution in [0.5, 0.6) is 0 Å². The molecule has 0 heterocycles. The molecule has 0 saturated carbocycles. The van der Waals surface area contributed by atoms with E-state index >= 15 is 0 Å². The third-order valence-electron chi connectivity index (χ3n) is 0.815. The van der Waals surface area contributed by atoms with Gasteiger partial charge in [-0.15, -0.1) is 0 Å². The zero-order chi connectivity index (χ0) is 10.4. The van der Waals surface area contributed by atoms with Gasteiger partial charge in [-0.2, -0.15) is 0 Å². The highest BCUT2D eigenvalue weighted by Gasteiger charge is 2.15. The molecule has 0 fully saturated rings. The van der Waals surface area contributed by atoms with Gasteiger partial charge >= 0.3 is 0 Å². The van der Waals surface area contributed by atoms with Crippen molar-refractivity contribution in [3.63, 3.8) is 0 Å². The molecule has 4 nitrogen and oxygen atoms in total. The Morgan fingerprint density at radius 1 is 1.23 bits per heavy atom. The summed E-state index contributed by atoms with van der Waals surface area (Å²) in [6, 6.07) is 0. The summed E-state index contributed by atoms with van der Waals surface area (Å²) < 4.78 is 10.9. The first-order valence-corrected chi connectivity index (χ1v) is 5.70. The molecule has 0 spiro atoms. The molecule has 3 N–H and O–H groups in total. The summed E-state index contributed by atoms with van der Waals surface area (Å²) in [6.07, 6.45) is 0.179. The second-order valence-corrected chi connectivity index (χ2v) is 4.64. The fourth-order valence-electron chi connectivity index (χ4n) is 0.550. The quantitative estimate of drug-likeness (QED) is 0.551. The topological polar surface area (TPSA) is 56.5 Å². The third kappa shape index (κ3) is 8.37. The lowest BCUT2D eigenvalue weighted by atomic mass is 10.5. The van der Waals surface area contributed by atoms with E-state index in [1.165, 1.54) is 0 Å².